The summed E-state index contributed by atoms with van der Waals surface area (Å²) in [5, 5.41) is 9.17. The molecule has 1 atom stereocenters. The molecule has 0 spiro atoms. The van der Waals surface area contributed by atoms with Gasteiger partial charge in [0.15, 0.2) is 11.0 Å². The van der Waals surface area contributed by atoms with E-state index in [1.54, 1.807) is 28.6 Å². The number of hydrogen-bond donors (Lipinski definition) is 0. The number of benzene rings is 1. The molecule has 8 nitrogen and oxygen atoms in total. The summed E-state index contributed by atoms with van der Waals surface area (Å²) < 4.78 is 28.8. The van der Waals surface area contributed by atoms with Crippen molar-refractivity contribution < 1.29 is 13.2 Å². The highest BCUT2D eigenvalue weighted by molar-refractivity contribution is 7.99. The minimum Gasteiger partial charge on any atom is -0.342 e. The van der Waals surface area contributed by atoms with Crippen LogP contribution in [-0.2, 0) is 21.9 Å². The second-order valence-electron chi connectivity index (χ2n) is 8.38. The normalized spacial score (nSPS) is 20.3. The van der Waals surface area contributed by atoms with E-state index < -0.39 is 10.0 Å². The third-order valence-corrected chi connectivity index (χ3v) is 8.90. The van der Waals surface area contributed by atoms with E-state index in [-0.39, 0.29) is 5.91 Å². The van der Waals surface area contributed by atoms with Crippen molar-refractivity contribution in [1.82, 2.24) is 24.0 Å². The van der Waals surface area contributed by atoms with E-state index in [0.717, 1.165) is 37.9 Å². The number of amides is 1. The molecule has 10 heteroatoms. The standard InChI is InChI=1S/C21H29N5O3S2/c1-16-6-5-11-25(14-16)19(27)15-30-21-23-22-20(24(21)2)17-7-9-18(10-8-17)31(28,29)26-12-3-4-13-26/h7-10,16H,3-6,11-15H2,1-2H3. The Balaban J connectivity index is 1.42. The summed E-state index contributed by atoms with van der Waals surface area (Å²) in [4.78, 5) is 14.8. The number of carbonyl (C=O) groups is 1. The lowest BCUT2D eigenvalue weighted by molar-refractivity contribution is -0.130. The van der Waals surface area contributed by atoms with Gasteiger partial charge in [-0.25, -0.2) is 8.42 Å². The Morgan fingerprint density at radius 1 is 1.10 bits per heavy atom. The summed E-state index contributed by atoms with van der Waals surface area (Å²) in [6, 6.07) is 6.79. The summed E-state index contributed by atoms with van der Waals surface area (Å²) in [6.45, 7) is 5.02. The first-order chi connectivity index (χ1) is 14.9. The number of piperidine rings is 1. The number of carbonyl (C=O) groups excluding carboxylic acids is 1. The average Bonchev–Trinajstić information content (AvgIpc) is 3.43. The molecule has 3 heterocycles. The van der Waals surface area contributed by atoms with Gasteiger partial charge in [0.2, 0.25) is 15.9 Å². The van der Waals surface area contributed by atoms with Gasteiger partial charge >= 0.3 is 0 Å². The number of hydrogen-bond acceptors (Lipinski definition) is 6. The number of nitrogens with zero attached hydrogens (tertiary/aromatic N) is 5. The topological polar surface area (TPSA) is 88.4 Å². The molecule has 1 amide bonds. The molecule has 2 saturated heterocycles. The van der Waals surface area contributed by atoms with E-state index in [1.165, 1.54) is 18.2 Å². The van der Waals surface area contributed by atoms with Crippen molar-refractivity contribution in [1.29, 1.82) is 0 Å². The zero-order valence-corrected chi connectivity index (χ0v) is 19.7. The Bertz CT molecular complexity index is 1030. The molecule has 2 fully saturated rings. The quantitative estimate of drug-likeness (QED) is 0.612. The van der Waals surface area contributed by atoms with Crippen LogP contribution in [0.2, 0.25) is 0 Å². The predicted molar refractivity (Wildman–Crippen MR) is 120 cm³/mol. The first-order valence-electron chi connectivity index (χ1n) is 10.8. The highest BCUT2D eigenvalue weighted by Gasteiger charge is 2.27. The van der Waals surface area contributed by atoms with Crippen molar-refractivity contribution in [3.63, 3.8) is 0 Å². The Morgan fingerprint density at radius 2 is 1.81 bits per heavy atom. The maximum Gasteiger partial charge on any atom is 0.243 e. The van der Waals surface area contributed by atoms with E-state index >= 15 is 0 Å². The number of sulfonamides is 1. The van der Waals surface area contributed by atoms with Crippen LogP contribution in [0, 0.1) is 5.92 Å². The molecule has 0 saturated carbocycles. The molecule has 2 aliphatic heterocycles. The number of aromatic nitrogens is 3. The highest BCUT2D eigenvalue weighted by atomic mass is 32.2. The van der Waals surface area contributed by atoms with Gasteiger partial charge in [0.25, 0.3) is 0 Å². The number of thioether (sulfide) groups is 1. The molecule has 0 radical (unpaired) electrons. The lowest BCUT2D eigenvalue weighted by Crippen LogP contribution is -2.40. The van der Waals surface area contributed by atoms with Crippen molar-refractivity contribution >= 4 is 27.7 Å². The second-order valence-corrected chi connectivity index (χ2v) is 11.3. The fraction of sp³-hybridized carbons (Fsp3) is 0.571. The molecule has 0 bridgehead atoms. The van der Waals surface area contributed by atoms with E-state index in [9.17, 15) is 13.2 Å². The zero-order chi connectivity index (χ0) is 22.0. The summed E-state index contributed by atoms with van der Waals surface area (Å²) in [6.07, 6.45) is 4.07. The minimum atomic E-state index is -3.43. The van der Waals surface area contributed by atoms with Crippen LogP contribution in [0.25, 0.3) is 11.4 Å². The molecular formula is C21H29N5O3S2. The lowest BCUT2D eigenvalue weighted by atomic mass is 10.0. The molecule has 2 aromatic rings. The average molecular weight is 464 g/mol. The van der Waals surface area contributed by atoms with E-state index in [1.807, 2.05) is 16.5 Å². The van der Waals surface area contributed by atoms with Gasteiger partial charge in [-0.2, -0.15) is 4.31 Å². The van der Waals surface area contributed by atoms with Crippen molar-refractivity contribution in [2.75, 3.05) is 31.9 Å². The monoisotopic (exact) mass is 463 g/mol. The maximum atomic E-state index is 12.7. The Morgan fingerprint density at radius 3 is 2.48 bits per heavy atom. The summed E-state index contributed by atoms with van der Waals surface area (Å²) >= 11 is 1.39. The predicted octanol–water partition coefficient (Wildman–Crippen LogP) is 2.62. The molecular weight excluding hydrogens is 434 g/mol. The van der Waals surface area contributed by atoms with Crippen molar-refractivity contribution in [3.8, 4) is 11.4 Å². The molecule has 31 heavy (non-hydrogen) atoms. The fourth-order valence-corrected chi connectivity index (χ4v) is 6.51. The first-order valence-corrected chi connectivity index (χ1v) is 13.2. The molecule has 1 aromatic carbocycles. The van der Waals surface area contributed by atoms with Crippen LogP contribution in [0.1, 0.15) is 32.6 Å². The molecule has 0 N–H and O–H groups in total. The third-order valence-electron chi connectivity index (χ3n) is 5.98. The van der Waals surface area contributed by atoms with Crippen LogP contribution in [0.3, 0.4) is 0 Å². The molecule has 1 aromatic heterocycles. The molecule has 168 valence electrons. The smallest absolute Gasteiger partial charge is 0.243 e. The summed E-state index contributed by atoms with van der Waals surface area (Å²) in [7, 11) is -1.57. The Hall–Kier alpha value is -1.91. The van der Waals surface area contributed by atoms with Crippen LogP contribution in [0.5, 0.6) is 0 Å². The van der Waals surface area contributed by atoms with Gasteiger partial charge in [-0.15, -0.1) is 10.2 Å². The summed E-state index contributed by atoms with van der Waals surface area (Å²) in [5.41, 5.74) is 0.790. The number of likely N-dealkylation sites (tertiary alicyclic amines) is 1. The van der Waals surface area contributed by atoms with Gasteiger partial charge in [-0.1, -0.05) is 18.7 Å². The van der Waals surface area contributed by atoms with Crippen molar-refractivity contribution in [3.05, 3.63) is 24.3 Å². The summed E-state index contributed by atoms with van der Waals surface area (Å²) in [5.74, 6) is 1.68. The van der Waals surface area contributed by atoms with Gasteiger partial charge in [-0.05, 0) is 55.9 Å². The molecule has 4 rings (SSSR count). The van der Waals surface area contributed by atoms with Crippen LogP contribution in [0.4, 0.5) is 0 Å². The first kappa shape index (κ1) is 22.3. The molecule has 0 aliphatic carbocycles. The van der Waals surface area contributed by atoms with Gasteiger partial charge in [0, 0.05) is 38.8 Å². The fourth-order valence-electron chi connectivity index (χ4n) is 4.18. The Kier molecular flexibility index (Phi) is 6.68. The van der Waals surface area contributed by atoms with Gasteiger partial charge in [0.05, 0.1) is 10.6 Å². The van der Waals surface area contributed by atoms with Crippen LogP contribution in [0.15, 0.2) is 34.3 Å². The van der Waals surface area contributed by atoms with Gasteiger partial charge in [-0.3, -0.25) is 4.79 Å². The number of rotatable bonds is 6. The van der Waals surface area contributed by atoms with Crippen molar-refractivity contribution in [2.24, 2.45) is 13.0 Å². The second kappa shape index (κ2) is 9.30. The minimum absolute atomic E-state index is 0.137. The van der Waals surface area contributed by atoms with Crippen LogP contribution in [-0.4, -0.2) is 70.2 Å². The van der Waals surface area contributed by atoms with Gasteiger partial charge in [0.1, 0.15) is 0 Å². The zero-order valence-electron chi connectivity index (χ0n) is 18.0. The van der Waals surface area contributed by atoms with Gasteiger partial charge < -0.3 is 9.47 Å². The van der Waals surface area contributed by atoms with E-state index in [0.29, 0.717) is 40.6 Å². The van der Waals surface area contributed by atoms with E-state index in [4.69, 9.17) is 0 Å². The van der Waals surface area contributed by atoms with Crippen molar-refractivity contribution in [2.45, 2.75) is 42.7 Å². The van der Waals surface area contributed by atoms with Crippen LogP contribution >= 0.6 is 11.8 Å². The Labute approximate surface area is 188 Å². The maximum absolute atomic E-state index is 12.7. The third kappa shape index (κ3) is 4.80. The lowest BCUT2D eigenvalue weighted by Gasteiger charge is -2.30. The van der Waals surface area contributed by atoms with E-state index in [2.05, 4.69) is 17.1 Å². The highest BCUT2D eigenvalue weighted by Crippen LogP contribution is 2.26. The molecule has 1 unspecified atom stereocenters. The van der Waals surface area contributed by atoms with Crippen LogP contribution < -0.4 is 0 Å². The SMILES string of the molecule is CC1CCCN(C(=O)CSc2nnc(-c3ccc(S(=O)(=O)N4CCCC4)cc3)n2C)C1. The molecule has 2 aliphatic rings. The largest absolute Gasteiger partial charge is 0.342 e.